The molecule has 1 aromatic heterocycles. The molecule has 0 aliphatic carbocycles. The van der Waals surface area contributed by atoms with Crippen LogP contribution in [-0.2, 0) is 24.8 Å². The number of anilines is 1. The molecule has 0 unspecified atom stereocenters. The summed E-state index contributed by atoms with van der Waals surface area (Å²) in [6.45, 7) is 0. The summed E-state index contributed by atoms with van der Waals surface area (Å²) in [6.07, 6.45) is 0.550. The lowest BCUT2D eigenvalue weighted by Crippen LogP contribution is -2.08. The van der Waals surface area contributed by atoms with E-state index in [1.165, 1.54) is 11.3 Å². The second-order valence-electron chi connectivity index (χ2n) is 5.94. The molecule has 3 rings (SSSR count). The van der Waals surface area contributed by atoms with Crippen LogP contribution in [0.4, 0.5) is 5.69 Å². The van der Waals surface area contributed by atoms with Crippen molar-refractivity contribution in [2.75, 3.05) is 19.0 Å². The van der Waals surface area contributed by atoms with E-state index in [0.717, 1.165) is 20.8 Å². The summed E-state index contributed by atoms with van der Waals surface area (Å²) in [5.74, 6) is 0. The third-order valence-electron chi connectivity index (χ3n) is 3.68. The van der Waals surface area contributed by atoms with Gasteiger partial charge in [0.1, 0.15) is 4.90 Å². The maximum absolute atomic E-state index is 12.0. The van der Waals surface area contributed by atoms with Gasteiger partial charge >= 0.3 is 9.33 Å². The van der Waals surface area contributed by atoms with Gasteiger partial charge in [-0.25, -0.2) is 8.42 Å². The maximum Gasteiger partial charge on any atom is 0.353 e. The number of fused-ring (bicyclic) bond motifs is 1. The largest absolute Gasteiger partial charge is 0.378 e. The first-order valence-electron chi connectivity index (χ1n) is 7.74. The predicted octanol–water partition coefficient (Wildman–Crippen LogP) is 4.51. The Morgan fingerprint density at radius 2 is 1.50 bits per heavy atom. The minimum Gasteiger partial charge on any atom is -0.378 e. The molecule has 0 aliphatic rings. The highest BCUT2D eigenvalue weighted by Crippen LogP contribution is 2.37. The zero-order valence-electron chi connectivity index (χ0n) is 14.8. The lowest BCUT2D eigenvalue weighted by molar-refractivity contribution is 0.501. The number of nitrogens with zero attached hydrogens (tertiary/aromatic N) is 1. The Morgan fingerprint density at radius 1 is 0.964 bits per heavy atom. The van der Waals surface area contributed by atoms with Crippen molar-refractivity contribution in [3.05, 3.63) is 59.0 Å². The smallest absolute Gasteiger partial charge is 0.353 e. The highest BCUT2D eigenvalue weighted by molar-refractivity contribution is 8.14. The molecular weight excluding hydrogens is 465 g/mol. The molecule has 2 aromatic carbocycles. The molecule has 0 fully saturated rings. The van der Waals surface area contributed by atoms with Gasteiger partial charge in [0, 0.05) is 62.5 Å². The van der Waals surface area contributed by atoms with Gasteiger partial charge in [0.25, 0.3) is 9.05 Å². The second kappa shape index (κ2) is 8.98. The van der Waals surface area contributed by atoms with Crippen LogP contribution in [0.15, 0.2) is 53.4 Å². The number of halogens is 2. The molecule has 6 nitrogen and oxygen atoms in total. The van der Waals surface area contributed by atoms with E-state index in [1.807, 2.05) is 61.5 Å². The molecule has 0 bridgehead atoms. The van der Waals surface area contributed by atoms with Crippen LogP contribution in [-0.4, -0.2) is 35.5 Å². The maximum atomic E-state index is 12.0. The van der Waals surface area contributed by atoms with Gasteiger partial charge in [-0.1, -0.05) is 30.3 Å². The van der Waals surface area contributed by atoms with Crippen molar-refractivity contribution >= 4 is 66.9 Å². The molecule has 0 saturated carbocycles. The van der Waals surface area contributed by atoms with E-state index in [-0.39, 0.29) is 4.90 Å². The third kappa shape index (κ3) is 6.61. The Labute approximate surface area is 177 Å². The van der Waals surface area contributed by atoms with Crippen molar-refractivity contribution in [2.24, 2.45) is 0 Å². The number of hydrogen-bond donors (Lipinski definition) is 1. The van der Waals surface area contributed by atoms with Crippen molar-refractivity contribution < 1.29 is 21.4 Å². The van der Waals surface area contributed by atoms with E-state index in [1.54, 1.807) is 6.07 Å². The van der Waals surface area contributed by atoms with Crippen LogP contribution in [0.25, 0.3) is 10.1 Å². The Bertz CT molecular complexity index is 1160. The molecule has 152 valence electrons. The van der Waals surface area contributed by atoms with Crippen molar-refractivity contribution in [2.45, 2.75) is 11.3 Å². The molecule has 1 N–H and O–H groups in total. The van der Waals surface area contributed by atoms with Crippen molar-refractivity contribution in [3.8, 4) is 0 Å². The zero-order chi connectivity index (χ0) is 21.1. The van der Waals surface area contributed by atoms with Gasteiger partial charge in [0.2, 0.25) is 0 Å². The van der Waals surface area contributed by atoms with Crippen molar-refractivity contribution in [1.29, 1.82) is 0 Å². The molecular formula is C17H17Cl2NO5S3. The minimum atomic E-state index is -4.19. The summed E-state index contributed by atoms with van der Waals surface area (Å²) >= 11 is 1.48. The number of rotatable bonds is 4. The molecule has 0 aliphatic heterocycles. The second-order valence-corrected chi connectivity index (χ2v) is 11.6. The minimum absolute atomic E-state index is 0.247. The van der Waals surface area contributed by atoms with Gasteiger partial charge in [-0.2, -0.15) is 8.42 Å². The first-order chi connectivity index (χ1) is 12.9. The van der Waals surface area contributed by atoms with Crippen molar-refractivity contribution in [3.63, 3.8) is 0 Å². The molecule has 0 radical (unpaired) electrons. The average Bonchev–Trinajstić information content (AvgIpc) is 2.91. The highest BCUT2D eigenvalue weighted by atomic mass is 35.7. The third-order valence-corrected chi connectivity index (χ3v) is 6.40. The summed E-state index contributed by atoms with van der Waals surface area (Å²) in [6, 6.07) is 15.5. The number of benzene rings is 2. The SMILES string of the molecule is CN(C)c1ccc(Cc2sc3ccccc3c2S(=O)(=O)Cl)cc1.O=S(=O)(O)Cl. The van der Waals surface area contributed by atoms with E-state index in [0.29, 0.717) is 11.8 Å². The van der Waals surface area contributed by atoms with E-state index in [2.05, 4.69) is 10.7 Å². The van der Waals surface area contributed by atoms with E-state index in [4.69, 9.17) is 23.7 Å². The number of thiophene rings is 1. The fourth-order valence-corrected chi connectivity index (χ4v) is 5.66. The fourth-order valence-electron chi connectivity index (χ4n) is 2.55. The quantitative estimate of drug-likeness (QED) is 0.435. The number of hydrogen-bond acceptors (Lipinski definition) is 6. The Morgan fingerprint density at radius 3 is 2.00 bits per heavy atom. The van der Waals surface area contributed by atoms with Gasteiger partial charge in [0.05, 0.1) is 0 Å². The monoisotopic (exact) mass is 481 g/mol. The van der Waals surface area contributed by atoms with Gasteiger partial charge in [-0.3, -0.25) is 4.55 Å². The van der Waals surface area contributed by atoms with Crippen LogP contribution in [0.3, 0.4) is 0 Å². The van der Waals surface area contributed by atoms with Gasteiger partial charge in [-0.15, -0.1) is 11.3 Å². The highest BCUT2D eigenvalue weighted by Gasteiger charge is 2.22. The first kappa shape index (κ1) is 22.9. The first-order valence-corrected chi connectivity index (χ1v) is 13.1. The summed E-state index contributed by atoms with van der Waals surface area (Å²) in [4.78, 5) is 3.05. The zero-order valence-corrected chi connectivity index (χ0v) is 18.8. The van der Waals surface area contributed by atoms with Crippen LogP contribution < -0.4 is 4.90 Å². The van der Waals surface area contributed by atoms with E-state index in [9.17, 15) is 8.42 Å². The van der Waals surface area contributed by atoms with Gasteiger partial charge in [-0.05, 0) is 23.8 Å². The standard InChI is InChI=1S/C17H16ClNO2S2.ClHO3S/c1-19(2)13-9-7-12(8-10-13)11-16-17(23(18,20)21)14-5-3-4-6-15(14)22-16;1-5(2,3)4/h3-10H,11H2,1-2H3;(H,2,3,4). The molecule has 11 heteroatoms. The van der Waals surface area contributed by atoms with Crippen LogP contribution in [0.1, 0.15) is 10.4 Å². The molecule has 0 saturated heterocycles. The predicted molar refractivity (Wildman–Crippen MR) is 116 cm³/mol. The lowest BCUT2D eigenvalue weighted by Gasteiger charge is -2.12. The van der Waals surface area contributed by atoms with E-state index < -0.39 is 18.4 Å². The molecule has 1 heterocycles. The molecule has 28 heavy (non-hydrogen) atoms. The summed E-state index contributed by atoms with van der Waals surface area (Å²) in [7, 11) is 5.74. The topological polar surface area (TPSA) is 91.8 Å². The van der Waals surface area contributed by atoms with Gasteiger partial charge in [0.15, 0.2) is 0 Å². The van der Waals surface area contributed by atoms with Crippen LogP contribution >= 0.6 is 32.7 Å². The fraction of sp³-hybridized carbons (Fsp3) is 0.176. The van der Waals surface area contributed by atoms with Crippen LogP contribution in [0.5, 0.6) is 0 Å². The van der Waals surface area contributed by atoms with Crippen LogP contribution in [0, 0.1) is 0 Å². The normalized spacial score (nSPS) is 11.8. The summed E-state index contributed by atoms with van der Waals surface area (Å²) < 4.78 is 50.2. The van der Waals surface area contributed by atoms with E-state index >= 15 is 0 Å². The Balaban J connectivity index is 0.000000500. The lowest BCUT2D eigenvalue weighted by atomic mass is 10.1. The molecule has 3 aromatic rings. The molecule has 0 amide bonds. The summed E-state index contributed by atoms with van der Waals surface area (Å²) in [5, 5.41) is 0.701. The summed E-state index contributed by atoms with van der Waals surface area (Å²) in [5.41, 5.74) is 2.17. The molecule has 0 atom stereocenters. The van der Waals surface area contributed by atoms with Crippen molar-refractivity contribution in [1.82, 2.24) is 0 Å². The van der Waals surface area contributed by atoms with Gasteiger partial charge < -0.3 is 4.90 Å². The Hall–Kier alpha value is -1.36. The van der Waals surface area contributed by atoms with Crippen LogP contribution in [0.2, 0.25) is 0 Å². The average molecular weight is 482 g/mol. The Kier molecular flexibility index (Phi) is 7.35. The molecule has 0 spiro atoms.